The van der Waals surface area contributed by atoms with Gasteiger partial charge in [0.2, 0.25) is 10.0 Å². The van der Waals surface area contributed by atoms with Crippen LogP contribution < -0.4 is 15.2 Å². The quantitative estimate of drug-likeness (QED) is 0.287. The summed E-state index contributed by atoms with van der Waals surface area (Å²) in [4.78, 5) is 11.8. The normalized spacial score (nSPS) is 13.4. The number of para-hydroxylation sites is 1. The molecule has 164 valence electrons. The summed E-state index contributed by atoms with van der Waals surface area (Å²) < 4.78 is 32.6. The topological polar surface area (TPSA) is 166 Å². The van der Waals surface area contributed by atoms with Crippen molar-refractivity contribution in [3.05, 3.63) is 64.5 Å². The first-order chi connectivity index (χ1) is 14.1. The first-order valence-electron chi connectivity index (χ1n) is 8.42. The third-order valence-corrected chi connectivity index (χ3v) is 5.88. The van der Waals surface area contributed by atoms with E-state index in [0.717, 1.165) is 18.2 Å². The number of ether oxygens (including phenoxy) is 1. The van der Waals surface area contributed by atoms with E-state index < -0.39 is 48.4 Å². The Balaban J connectivity index is 2.45. The average Bonchev–Trinajstić information content (AvgIpc) is 2.71. The van der Waals surface area contributed by atoms with Crippen molar-refractivity contribution in [3.8, 4) is 0 Å². The summed E-state index contributed by atoms with van der Waals surface area (Å²) in [5.74, 6) is -1.02. The minimum Gasteiger partial charge on any atom is -0.733 e. The minimum absolute atomic E-state index is 0.0761. The zero-order valence-electron chi connectivity index (χ0n) is 15.5. The smallest absolute Gasteiger partial charge is 0.326 e. The summed E-state index contributed by atoms with van der Waals surface area (Å²) in [5.41, 5.74) is -0.648. The Hall–Kier alpha value is -2.45. The number of hydrogen-bond donors (Lipinski definition) is 3. The van der Waals surface area contributed by atoms with Crippen LogP contribution in [-0.4, -0.2) is 37.5 Å². The molecule has 3 N–H and O–H groups in total. The third kappa shape index (κ3) is 5.58. The zero-order chi connectivity index (χ0) is 22.5. The van der Waals surface area contributed by atoms with Crippen LogP contribution in [0.3, 0.4) is 0 Å². The van der Waals surface area contributed by atoms with E-state index in [0.29, 0.717) is 0 Å². The number of nitrogens with zero attached hydrogens (tertiary/aromatic N) is 2. The molecule has 0 fully saturated rings. The molecule has 0 spiro atoms. The number of halogens is 1. The summed E-state index contributed by atoms with van der Waals surface area (Å²) in [6.45, 7) is 1.43. The fourth-order valence-corrected chi connectivity index (χ4v) is 4.29. The standard InChI is InChI=1S/C17H18ClN3O8S/c1-2-29-17(22)16(15(18)11-6-5-7-12(10-11)20(23)24)19-30(27,28)14-9-4-3-8-13(14)21(25)26/h3-10,15-16,19,23,25H,2H2,1H3/q-2/t15-,16-/m1/s1. The lowest BCUT2D eigenvalue weighted by atomic mass is 10.1. The van der Waals surface area contributed by atoms with E-state index in [1.165, 1.54) is 37.3 Å². The van der Waals surface area contributed by atoms with Crippen molar-refractivity contribution < 1.29 is 28.4 Å². The molecule has 0 saturated carbocycles. The van der Waals surface area contributed by atoms with Gasteiger partial charge in [0.25, 0.3) is 0 Å². The molecule has 0 aliphatic rings. The van der Waals surface area contributed by atoms with E-state index in [9.17, 15) is 28.8 Å². The molecule has 0 unspecified atom stereocenters. The molecule has 30 heavy (non-hydrogen) atoms. The van der Waals surface area contributed by atoms with Gasteiger partial charge < -0.3 is 25.6 Å². The zero-order valence-corrected chi connectivity index (χ0v) is 17.1. The molecule has 0 aliphatic carbocycles. The fourth-order valence-electron chi connectivity index (χ4n) is 2.54. The Labute approximate surface area is 177 Å². The first-order valence-corrected chi connectivity index (χ1v) is 10.3. The lowest BCUT2D eigenvalue weighted by Gasteiger charge is -2.27. The molecule has 0 saturated heterocycles. The summed E-state index contributed by atoms with van der Waals surface area (Å²) >= 11 is 6.32. The molecule has 0 radical (unpaired) electrons. The Morgan fingerprint density at radius 3 is 2.43 bits per heavy atom. The van der Waals surface area contributed by atoms with Crippen LogP contribution in [0, 0.1) is 10.4 Å². The monoisotopic (exact) mass is 459 g/mol. The molecule has 0 amide bonds. The largest absolute Gasteiger partial charge is 0.733 e. The molecule has 2 atom stereocenters. The van der Waals surface area contributed by atoms with Gasteiger partial charge in [-0.15, -0.1) is 11.6 Å². The highest BCUT2D eigenvalue weighted by Gasteiger charge is 2.35. The van der Waals surface area contributed by atoms with Crippen LogP contribution >= 0.6 is 11.6 Å². The molecule has 2 aromatic rings. The number of benzene rings is 2. The number of anilines is 2. The number of sulfonamides is 1. The van der Waals surface area contributed by atoms with Gasteiger partial charge in [0, 0.05) is 0 Å². The Kier molecular flexibility index (Phi) is 7.97. The van der Waals surface area contributed by atoms with Gasteiger partial charge in [-0.2, -0.15) is 4.72 Å². The summed E-state index contributed by atoms with van der Waals surface area (Å²) in [7, 11) is -4.54. The number of carbonyl (C=O) groups excluding carboxylic acids is 1. The van der Waals surface area contributed by atoms with Gasteiger partial charge in [-0.25, -0.2) is 8.42 Å². The van der Waals surface area contributed by atoms with E-state index in [4.69, 9.17) is 21.5 Å². The van der Waals surface area contributed by atoms with Crippen molar-refractivity contribution in [1.29, 1.82) is 0 Å². The van der Waals surface area contributed by atoms with E-state index in [2.05, 4.69) is 4.72 Å². The second-order valence-electron chi connectivity index (χ2n) is 5.86. The number of esters is 1. The second-order valence-corrected chi connectivity index (χ2v) is 8.01. The van der Waals surface area contributed by atoms with Gasteiger partial charge in [0.1, 0.15) is 10.9 Å². The molecule has 2 rings (SSSR count). The lowest BCUT2D eigenvalue weighted by Crippen LogP contribution is -2.44. The molecular weight excluding hydrogens is 442 g/mol. The third-order valence-electron chi connectivity index (χ3n) is 3.89. The maximum Gasteiger partial charge on any atom is 0.326 e. The van der Waals surface area contributed by atoms with Gasteiger partial charge in [0.05, 0.1) is 23.4 Å². The second kappa shape index (κ2) is 10.0. The number of rotatable bonds is 9. The van der Waals surface area contributed by atoms with Gasteiger partial charge in [-0.05, 0) is 36.8 Å². The van der Waals surface area contributed by atoms with Crippen LogP contribution in [0.5, 0.6) is 0 Å². The number of alkyl halides is 1. The van der Waals surface area contributed by atoms with Crippen LogP contribution in [0.15, 0.2) is 53.4 Å². The SMILES string of the molecule is CCOC(=O)[C@H](NS(=O)(=O)c1ccccc1N([O-])O)[C@H](Cl)c1cccc(N([O-])O)c1. The predicted molar refractivity (Wildman–Crippen MR) is 107 cm³/mol. The number of nitrogens with one attached hydrogen (secondary N) is 1. The fraction of sp³-hybridized carbons (Fsp3) is 0.235. The lowest BCUT2D eigenvalue weighted by molar-refractivity contribution is -0.145. The van der Waals surface area contributed by atoms with Gasteiger partial charge >= 0.3 is 5.97 Å². The maximum absolute atomic E-state index is 12.8. The Morgan fingerprint density at radius 1 is 1.17 bits per heavy atom. The van der Waals surface area contributed by atoms with Crippen molar-refractivity contribution in [2.45, 2.75) is 23.2 Å². The Bertz CT molecular complexity index is 986. The molecule has 0 bridgehead atoms. The van der Waals surface area contributed by atoms with Crippen molar-refractivity contribution >= 4 is 39.0 Å². The summed E-state index contributed by atoms with van der Waals surface area (Å²) in [5, 5.41) is 38.2. The van der Waals surface area contributed by atoms with Crippen LogP contribution in [-0.2, 0) is 19.6 Å². The molecule has 11 nitrogen and oxygen atoms in total. The molecule has 2 aromatic carbocycles. The molecule has 0 aromatic heterocycles. The van der Waals surface area contributed by atoms with Gasteiger partial charge in [-0.1, -0.05) is 24.3 Å². The van der Waals surface area contributed by atoms with Crippen LogP contribution in [0.2, 0.25) is 0 Å². The van der Waals surface area contributed by atoms with Crippen molar-refractivity contribution in [3.63, 3.8) is 0 Å². The maximum atomic E-state index is 12.8. The van der Waals surface area contributed by atoms with Crippen LogP contribution in [0.25, 0.3) is 0 Å². The van der Waals surface area contributed by atoms with E-state index >= 15 is 0 Å². The highest BCUT2D eigenvalue weighted by Crippen LogP contribution is 2.30. The van der Waals surface area contributed by atoms with Crippen molar-refractivity contribution in [2.24, 2.45) is 0 Å². The first kappa shape index (κ1) is 23.8. The van der Waals surface area contributed by atoms with Crippen LogP contribution in [0.1, 0.15) is 17.9 Å². The summed E-state index contributed by atoms with van der Waals surface area (Å²) in [6, 6.07) is 8.29. The van der Waals surface area contributed by atoms with E-state index in [1.807, 2.05) is 0 Å². The summed E-state index contributed by atoms with van der Waals surface area (Å²) in [6.07, 6.45) is 0. The average molecular weight is 460 g/mol. The van der Waals surface area contributed by atoms with Crippen molar-refractivity contribution in [1.82, 2.24) is 4.72 Å². The van der Waals surface area contributed by atoms with Crippen LogP contribution in [0.4, 0.5) is 11.4 Å². The van der Waals surface area contributed by atoms with E-state index in [1.54, 1.807) is 0 Å². The molecule has 13 heteroatoms. The highest BCUT2D eigenvalue weighted by atomic mass is 35.5. The highest BCUT2D eigenvalue weighted by molar-refractivity contribution is 7.89. The number of carbonyl (C=O) groups is 1. The molecular formula is C17H18ClN3O8S-2. The minimum atomic E-state index is -4.54. The van der Waals surface area contributed by atoms with Crippen molar-refractivity contribution in [2.75, 3.05) is 17.1 Å². The Morgan fingerprint density at radius 2 is 1.83 bits per heavy atom. The van der Waals surface area contributed by atoms with Gasteiger partial charge in [0.15, 0.2) is 0 Å². The molecule has 0 heterocycles. The predicted octanol–water partition coefficient (Wildman–Crippen LogP) is 2.26. The van der Waals surface area contributed by atoms with E-state index in [-0.39, 0.29) is 17.9 Å². The van der Waals surface area contributed by atoms with Gasteiger partial charge in [-0.3, -0.25) is 15.2 Å². The molecule has 0 aliphatic heterocycles. The number of hydrogen-bond acceptors (Lipinski definition) is 10.